The number of unbranched alkanes of at least 4 members (excludes halogenated alkanes) is 4. The lowest BCUT2D eigenvalue weighted by Crippen LogP contribution is -2.34. The molecule has 0 aromatic rings. The van der Waals surface area contributed by atoms with Crippen molar-refractivity contribution in [2.75, 3.05) is 14.1 Å². The molecule has 0 aliphatic heterocycles. The highest BCUT2D eigenvalue weighted by Crippen LogP contribution is 2.11. The first kappa shape index (κ1) is 14.4. The molecule has 15 heavy (non-hydrogen) atoms. The van der Waals surface area contributed by atoms with Crippen LogP contribution in [0.15, 0.2) is 12.7 Å². The van der Waals surface area contributed by atoms with E-state index < -0.39 is 0 Å². The summed E-state index contributed by atoms with van der Waals surface area (Å²) in [4.78, 5) is 13.5. The lowest BCUT2D eigenvalue weighted by atomic mass is 10.0. The van der Waals surface area contributed by atoms with Crippen LogP contribution in [-0.4, -0.2) is 30.8 Å². The lowest BCUT2D eigenvalue weighted by molar-refractivity contribution is -0.119. The minimum Gasteiger partial charge on any atom is -0.299 e. The Bertz CT molecular complexity index is 187. The smallest absolute Gasteiger partial charge is 0.172 e. The summed E-state index contributed by atoms with van der Waals surface area (Å²) in [6.07, 6.45) is 8.65. The molecular formula is C13H25NO. The van der Waals surface area contributed by atoms with Gasteiger partial charge in [-0.3, -0.25) is 9.69 Å². The van der Waals surface area contributed by atoms with E-state index in [1.54, 1.807) is 0 Å². The van der Waals surface area contributed by atoms with Crippen LogP contribution in [0.1, 0.15) is 45.4 Å². The summed E-state index contributed by atoms with van der Waals surface area (Å²) in [5.74, 6) is 0.149. The molecule has 0 aromatic carbocycles. The Morgan fingerprint density at radius 1 is 1.27 bits per heavy atom. The van der Waals surface area contributed by atoms with E-state index in [0.29, 0.717) is 0 Å². The van der Waals surface area contributed by atoms with E-state index in [4.69, 9.17) is 0 Å². The van der Waals surface area contributed by atoms with Crippen molar-refractivity contribution in [3.63, 3.8) is 0 Å². The number of nitrogens with zero attached hydrogens (tertiary/aromatic N) is 1. The van der Waals surface area contributed by atoms with Gasteiger partial charge in [-0.2, -0.15) is 0 Å². The number of likely N-dealkylation sites (N-methyl/N-ethyl adjacent to an activating group) is 1. The molecule has 0 rings (SSSR count). The van der Waals surface area contributed by atoms with Crippen molar-refractivity contribution >= 4 is 5.78 Å². The molecule has 0 fully saturated rings. The van der Waals surface area contributed by atoms with Crippen molar-refractivity contribution < 1.29 is 4.79 Å². The molecule has 0 saturated heterocycles. The minimum atomic E-state index is 0.0316. The fourth-order valence-corrected chi connectivity index (χ4v) is 1.73. The van der Waals surface area contributed by atoms with Crippen molar-refractivity contribution in [2.45, 2.75) is 51.5 Å². The van der Waals surface area contributed by atoms with Crippen molar-refractivity contribution in [1.82, 2.24) is 4.90 Å². The van der Waals surface area contributed by atoms with Gasteiger partial charge in [0, 0.05) is 0 Å². The Morgan fingerprint density at radius 3 is 2.33 bits per heavy atom. The number of ketones is 1. The molecule has 0 N–H and O–H groups in total. The first-order valence-electron chi connectivity index (χ1n) is 5.96. The third-order valence-corrected chi connectivity index (χ3v) is 2.73. The summed E-state index contributed by atoms with van der Waals surface area (Å²) < 4.78 is 0. The van der Waals surface area contributed by atoms with Crippen LogP contribution in [0.4, 0.5) is 0 Å². The van der Waals surface area contributed by atoms with Crippen LogP contribution in [0.25, 0.3) is 0 Å². The van der Waals surface area contributed by atoms with Crippen LogP contribution in [0.5, 0.6) is 0 Å². The monoisotopic (exact) mass is 211 g/mol. The van der Waals surface area contributed by atoms with E-state index in [0.717, 1.165) is 12.8 Å². The van der Waals surface area contributed by atoms with Gasteiger partial charge in [-0.15, -0.1) is 0 Å². The maximum Gasteiger partial charge on any atom is 0.172 e. The molecule has 0 aliphatic rings. The maximum atomic E-state index is 11.5. The summed E-state index contributed by atoms with van der Waals surface area (Å²) in [7, 11) is 3.91. The normalized spacial score (nSPS) is 12.8. The van der Waals surface area contributed by atoms with Gasteiger partial charge in [-0.25, -0.2) is 0 Å². The lowest BCUT2D eigenvalue weighted by Gasteiger charge is -2.21. The summed E-state index contributed by atoms with van der Waals surface area (Å²) in [6.45, 7) is 5.76. The fourth-order valence-electron chi connectivity index (χ4n) is 1.73. The van der Waals surface area contributed by atoms with Crippen LogP contribution in [0.3, 0.4) is 0 Å². The third-order valence-electron chi connectivity index (χ3n) is 2.73. The first-order chi connectivity index (χ1) is 7.13. The number of rotatable bonds is 9. The Balaban J connectivity index is 3.77. The molecule has 0 saturated carbocycles. The molecule has 1 unspecified atom stereocenters. The highest BCUT2D eigenvalue weighted by Gasteiger charge is 2.16. The summed E-state index contributed by atoms with van der Waals surface area (Å²) in [5, 5.41) is 0. The van der Waals surface area contributed by atoms with Gasteiger partial charge in [0.15, 0.2) is 5.78 Å². The van der Waals surface area contributed by atoms with Crippen LogP contribution < -0.4 is 0 Å². The largest absolute Gasteiger partial charge is 0.299 e. The molecule has 0 spiro atoms. The second-order valence-corrected chi connectivity index (χ2v) is 4.29. The number of carbonyl (C=O) groups excluding carboxylic acids is 1. The van der Waals surface area contributed by atoms with Crippen molar-refractivity contribution in [3.8, 4) is 0 Å². The van der Waals surface area contributed by atoms with Gasteiger partial charge >= 0.3 is 0 Å². The molecule has 0 aliphatic carbocycles. The zero-order valence-electron chi connectivity index (χ0n) is 10.5. The van der Waals surface area contributed by atoms with Crippen LogP contribution in [0.2, 0.25) is 0 Å². The predicted octanol–water partition coefficient (Wildman–Crippen LogP) is 3.03. The standard InChI is InChI=1S/C13H25NO/c1-5-7-8-9-10-11-12(14(3)4)13(15)6-2/h6,12H,2,5,7-11H2,1,3-4H3. The predicted molar refractivity (Wildman–Crippen MR) is 66.1 cm³/mol. The number of hydrogen-bond acceptors (Lipinski definition) is 2. The second kappa shape index (κ2) is 8.66. The molecule has 1 atom stereocenters. The van der Waals surface area contributed by atoms with E-state index >= 15 is 0 Å². The minimum absolute atomic E-state index is 0.0316. The van der Waals surface area contributed by atoms with Crippen LogP contribution in [-0.2, 0) is 4.79 Å². The molecule has 0 radical (unpaired) electrons. The van der Waals surface area contributed by atoms with Crippen LogP contribution in [0, 0.1) is 0 Å². The molecule has 2 nitrogen and oxygen atoms in total. The van der Waals surface area contributed by atoms with Gasteiger partial charge in [0.1, 0.15) is 0 Å². The van der Waals surface area contributed by atoms with E-state index in [2.05, 4.69) is 13.5 Å². The SMILES string of the molecule is C=CC(=O)C(CCCCCCC)N(C)C. The van der Waals surface area contributed by atoms with E-state index in [9.17, 15) is 4.79 Å². The molecule has 0 bridgehead atoms. The molecular weight excluding hydrogens is 186 g/mol. The Kier molecular flexibility index (Phi) is 8.30. The Morgan fingerprint density at radius 2 is 1.87 bits per heavy atom. The number of hydrogen-bond donors (Lipinski definition) is 0. The van der Waals surface area contributed by atoms with E-state index in [1.807, 2.05) is 19.0 Å². The van der Waals surface area contributed by atoms with Crippen molar-refractivity contribution in [3.05, 3.63) is 12.7 Å². The van der Waals surface area contributed by atoms with Gasteiger partial charge in [0.05, 0.1) is 6.04 Å². The topological polar surface area (TPSA) is 20.3 Å². The van der Waals surface area contributed by atoms with Crippen molar-refractivity contribution in [1.29, 1.82) is 0 Å². The van der Waals surface area contributed by atoms with E-state index in [-0.39, 0.29) is 11.8 Å². The quantitative estimate of drug-likeness (QED) is 0.431. The molecule has 2 heteroatoms. The highest BCUT2D eigenvalue weighted by molar-refractivity contribution is 5.93. The first-order valence-corrected chi connectivity index (χ1v) is 5.96. The number of carbonyl (C=O) groups is 1. The average Bonchev–Trinajstić information content (AvgIpc) is 2.22. The molecule has 0 heterocycles. The summed E-state index contributed by atoms with van der Waals surface area (Å²) in [5.41, 5.74) is 0. The fraction of sp³-hybridized carbons (Fsp3) is 0.769. The average molecular weight is 211 g/mol. The zero-order valence-corrected chi connectivity index (χ0v) is 10.5. The zero-order chi connectivity index (χ0) is 11.7. The molecule has 0 aromatic heterocycles. The highest BCUT2D eigenvalue weighted by atomic mass is 16.1. The molecule has 88 valence electrons. The van der Waals surface area contributed by atoms with Gasteiger partial charge in [-0.05, 0) is 26.6 Å². The third kappa shape index (κ3) is 6.45. The van der Waals surface area contributed by atoms with Crippen molar-refractivity contribution in [2.24, 2.45) is 0 Å². The Hall–Kier alpha value is -0.630. The van der Waals surface area contributed by atoms with Gasteiger partial charge in [0.25, 0.3) is 0 Å². The van der Waals surface area contributed by atoms with Gasteiger partial charge in [0.2, 0.25) is 0 Å². The summed E-state index contributed by atoms with van der Waals surface area (Å²) in [6, 6.07) is 0.0316. The van der Waals surface area contributed by atoms with Gasteiger partial charge in [-0.1, -0.05) is 45.6 Å². The second-order valence-electron chi connectivity index (χ2n) is 4.29. The van der Waals surface area contributed by atoms with E-state index in [1.165, 1.54) is 31.8 Å². The Labute approximate surface area is 94.4 Å². The van der Waals surface area contributed by atoms with Gasteiger partial charge < -0.3 is 0 Å². The molecule has 0 amide bonds. The maximum absolute atomic E-state index is 11.5. The summed E-state index contributed by atoms with van der Waals surface area (Å²) >= 11 is 0. The van der Waals surface area contributed by atoms with Crippen LogP contribution >= 0.6 is 0 Å².